The SMILES string of the molecule is CC(CNC(=O)OCc1ccccc1)C(=O)c1cc(C(F)(F)F)cc(C(F)(F)F)c1. The molecule has 1 N–H and O–H groups in total. The van der Waals surface area contributed by atoms with Crippen molar-refractivity contribution < 1.29 is 40.7 Å². The second-order valence-corrected chi connectivity index (χ2v) is 6.50. The standard InChI is InChI=1S/C20H17F6NO3/c1-12(10-27-18(29)30-11-13-5-3-2-4-6-13)17(28)14-7-15(19(21,22)23)9-16(8-14)20(24,25)26/h2-9,12H,10-11H2,1H3,(H,27,29). The first kappa shape index (κ1) is 23.2. The minimum Gasteiger partial charge on any atom is -0.445 e. The summed E-state index contributed by atoms with van der Waals surface area (Å²) in [6.07, 6.45) is -11.0. The van der Waals surface area contributed by atoms with Crippen LogP contribution in [0.2, 0.25) is 0 Å². The third-order valence-electron chi connectivity index (χ3n) is 4.09. The Kier molecular flexibility index (Phi) is 7.12. The number of ketones is 1. The van der Waals surface area contributed by atoms with E-state index >= 15 is 0 Å². The average Bonchev–Trinajstić information content (AvgIpc) is 2.69. The van der Waals surface area contributed by atoms with Gasteiger partial charge in [-0.2, -0.15) is 26.3 Å². The summed E-state index contributed by atoms with van der Waals surface area (Å²) >= 11 is 0. The fraction of sp³-hybridized carbons (Fsp3) is 0.300. The number of halogens is 6. The number of alkyl carbamates (subject to hydrolysis) is 1. The lowest BCUT2D eigenvalue weighted by atomic mass is 9.95. The number of nitrogens with one attached hydrogen (secondary N) is 1. The van der Waals surface area contributed by atoms with Gasteiger partial charge in [-0.3, -0.25) is 4.79 Å². The summed E-state index contributed by atoms with van der Waals surface area (Å²) in [7, 11) is 0. The van der Waals surface area contributed by atoms with Crippen LogP contribution in [-0.4, -0.2) is 18.4 Å². The molecule has 0 heterocycles. The Morgan fingerprint density at radius 1 is 0.933 bits per heavy atom. The molecule has 0 spiro atoms. The van der Waals surface area contributed by atoms with Crippen molar-refractivity contribution >= 4 is 11.9 Å². The molecule has 0 bridgehead atoms. The minimum atomic E-state index is -5.06. The van der Waals surface area contributed by atoms with E-state index in [-0.39, 0.29) is 19.2 Å². The molecule has 0 aliphatic heterocycles. The molecule has 0 aliphatic rings. The van der Waals surface area contributed by atoms with Crippen LogP contribution in [0.3, 0.4) is 0 Å². The fourth-order valence-corrected chi connectivity index (χ4v) is 2.48. The molecule has 0 fully saturated rings. The Morgan fingerprint density at radius 2 is 1.47 bits per heavy atom. The van der Waals surface area contributed by atoms with Gasteiger partial charge in [-0.1, -0.05) is 37.3 Å². The van der Waals surface area contributed by atoms with E-state index in [4.69, 9.17) is 4.74 Å². The Bertz CT molecular complexity index is 861. The van der Waals surface area contributed by atoms with Gasteiger partial charge in [0.15, 0.2) is 5.78 Å². The Hall–Kier alpha value is -3.04. The van der Waals surface area contributed by atoms with Crippen molar-refractivity contribution in [1.29, 1.82) is 0 Å². The first-order valence-corrected chi connectivity index (χ1v) is 8.66. The molecule has 1 amide bonds. The molecule has 0 aromatic heterocycles. The summed E-state index contributed by atoms with van der Waals surface area (Å²) in [6, 6.07) is 9.35. The van der Waals surface area contributed by atoms with Crippen LogP contribution < -0.4 is 5.32 Å². The molecular weight excluding hydrogens is 416 g/mol. The van der Waals surface area contributed by atoms with E-state index in [2.05, 4.69) is 5.32 Å². The van der Waals surface area contributed by atoms with Crippen molar-refractivity contribution in [1.82, 2.24) is 5.32 Å². The lowest BCUT2D eigenvalue weighted by Gasteiger charge is -2.16. The highest BCUT2D eigenvalue weighted by Gasteiger charge is 2.37. The van der Waals surface area contributed by atoms with Crippen molar-refractivity contribution in [2.24, 2.45) is 5.92 Å². The molecule has 0 saturated heterocycles. The number of ether oxygens (including phenoxy) is 1. The van der Waals surface area contributed by atoms with Gasteiger partial charge in [-0.15, -0.1) is 0 Å². The van der Waals surface area contributed by atoms with E-state index in [1.165, 1.54) is 6.92 Å². The molecule has 2 rings (SSSR count). The number of amides is 1. The first-order chi connectivity index (χ1) is 13.9. The van der Waals surface area contributed by atoms with Crippen LogP contribution in [0, 0.1) is 5.92 Å². The van der Waals surface area contributed by atoms with Crippen molar-refractivity contribution in [3.63, 3.8) is 0 Å². The van der Waals surface area contributed by atoms with Gasteiger partial charge >= 0.3 is 18.4 Å². The van der Waals surface area contributed by atoms with Crippen LogP contribution in [0.1, 0.15) is 34.0 Å². The third-order valence-corrected chi connectivity index (χ3v) is 4.09. The summed E-state index contributed by atoms with van der Waals surface area (Å²) in [6.45, 7) is 0.898. The molecule has 0 aliphatic carbocycles. The normalized spacial score (nSPS) is 12.9. The van der Waals surface area contributed by atoms with Gasteiger partial charge in [0.1, 0.15) is 6.61 Å². The highest BCUT2D eigenvalue weighted by molar-refractivity contribution is 5.98. The number of carbonyl (C=O) groups is 2. The van der Waals surface area contributed by atoms with Crippen LogP contribution in [-0.2, 0) is 23.7 Å². The predicted molar refractivity (Wildman–Crippen MR) is 94.6 cm³/mol. The molecular formula is C20H17F6NO3. The lowest BCUT2D eigenvalue weighted by Crippen LogP contribution is -2.32. The van der Waals surface area contributed by atoms with Gasteiger partial charge in [0.25, 0.3) is 0 Å². The van der Waals surface area contributed by atoms with Crippen molar-refractivity contribution in [2.45, 2.75) is 25.9 Å². The fourth-order valence-electron chi connectivity index (χ4n) is 2.48. The van der Waals surface area contributed by atoms with Gasteiger partial charge in [0.05, 0.1) is 11.1 Å². The second-order valence-electron chi connectivity index (χ2n) is 6.50. The summed E-state index contributed by atoms with van der Waals surface area (Å²) in [5.41, 5.74) is -3.20. The molecule has 4 nitrogen and oxygen atoms in total. The van der Waals surface area contributed by atoms with Crippen molar-refractivity contribution in [3.05, 3.63) is 70.8 Å². The Labute approximate surface area is 167 Å². The summed E-state index contributed by atoms with van der Waals surface area (Å²) in [5.74, 6) is -2.06. The molecule has 1 atom stereocenters. The monoisotopic (exact) mass is 433 g/mol. The smallest absolute Gasteiger partial charge is 0.416 e. The topological polar surface area (TPSA) is 55.4 Å². The number of hydrogen-bond donors (Lipinski definition) is 1. The zero-order valence-electron chi connectivity index (χ0n) is 15.6. The van der Waals surface area contributed by atoms with Crippen LogP contribution in [0.25, 0.3) is 0 Å². The van der Waals surface area contributed by atoms with Crippen LogP contribution in [0.15, 0.2) is 48.5 Å². The van der Waals surface area contributed by atoms with E-state index in [0.717, 1.165) is 0 Å². The van der Waals surface area contributed by atoms with E-state index in [1.807, 2.05) is 0 Å². The highest BCUT2D eigenvalue weighted by atomic mass is 19.4. The maximum Gasteiger partial charge on any atom is 0.416 e. The Morgan fingerprint density at radius 3 is 1.97 bits per heavy atom. The Balaban J connectivity index is 2.05. The average molecular weight is 433 g/mol. The van der Waals surface area contributed by atoms with Crippen LogP contribution in [0.5, 0.6) is 0 Å². The molecule has 0 radical (unpaired) electrons. The van der Waals surface area contributed by atoms with Crippen molar-refractivity contribution in [2.75, 3.05) is 6.54 Å². The van der Waals surface area contributed by atoms with E-state index in [9.17, 15) is 35.9 Å². The molecule has 162 valence electrons. The maximum absolute atomic E-state index is 12.9. The molecule has 0 saturated carbocycles. The number of hydrogen-bond acceptors (Lipinski definition) is 3. The molecule has 30 heavy (non-hydrogen) atoms. The third kappa shape index (κ3) is 6.50. The predicted octanol–water partition coefficient (Wildman–Crippen LogP) is 5.47. The van der Waals surface area contributed by atoms with Crippen molar-refractivity contribution in [3.8, 4) is 0 Å². The summed E-state index contributed by atoms with van der Waals surface area (Å²) in [5, 5.41) is 2.27. The minimum absolute atomic E-state index is 0.0441. The quantitative estimate of drug-likeness (QED) is 0.486. The van der Waals surface area contributed by atoms with E-state index < -0.39 is 46.8 Å². The van der Waals surface area contributed by atoms with E-state index in [0.29, 0.717) is 17.7 Å². The number of rotatable bonds is 6. The molecule has 2 aromatic rings. The molecule has 2 aromatic carbocycles. The number of Topliss-reactive ketones (excluding diaryl/α,β-unsaturated/α-hetero) is 1. The maximum atomic E-state index is 12.9. The van der Waals surface area contributed by atoms with Gasteiger partial charge in [-0.05, 0) is 23.8 Å². The lowest BCUT2D eigenvalue weighted by molar-refractivity contribution is -0.143. The zero-order valence-corrected chi connectivity index (χ0v) is 15.6. The first-order valence-electron chi connectivity index (χ1n) is 8.66. The largest absolute Gasteiger partial charge is 0.445 e. The van der Waals surface area contributed by atoms with E-state index in [1.54, 1.807) is 30.3 Å². The van der Waals surface area contributed by atoms with Gasteiger partial charge < -0.3 is 10.1 Å². The molecule has 10 heteroatoms. The van der Waals surface area contributed by atoms with Crippen LogP contribution >= 0.6 is 0 Å². The highest BCUT2D eigenvalue weighted by Crippen LogP contribution is 2.36. The molecule has 1 unspecified atom stereocenters. The summed E-state index contributed by atoms with van der Waals surface area (Å²) < 4.78 is 82.5. The van der Waals surface area contributed by atoms with Gasteiger partial charge in [0.2, 0.25) is 0 Å². The number of carbonyl (C=O) groups excluding carboxylic acids is 2. The number of alkyl halides is 6. The number of benzene rings is 2. The van der Waals surface area contributed by atoms with Crippen LogP contribution in [0.4, 0.5) is 31.1 Å². The second kappa shape index (κ2) is 9.19. The van der Waals surface area contributed by atoms with Gasteiger partial charge in [-0.25, -0.2) is 4.79 Å². The zero-order chi connectivity index (χ0) is 22.5. The van der Waals surface area contributed by atoms with Gasteiger partial charge in [0, 0.05) is 18.0 Å². The summed E-state index contributed by atoms with van der Waals surface area (Å²) in [4.78, 5) is 24.1.